The van der Waals surface area contributed by atoms with Gasteiger partial charge >= 0.3 is 0 Å². The molecule has 2 aromatic carbocycles. The number of ether oxygens (including phenoxy) is 2. The lowest BCUT2D eigenvalue weighted by Gasteiger charge is -2.08. The summed E-state index contributed by atoms with van der Waals surface area (Å²) in [6, 6.07) is 12.0. The van der Waals surface area contributed by atoms with Gasteiger partial charge in [-0.3, -0.25) is 4.79 Å². The number of rotatable bonds is 8. The zero-order valence-corrected chi connectivity index (χ0v) is 17.0. The molecule has 1 heterocycles. The molecule has 7 nitrogen and oxygen atoms in total. The highest BCUT2D eigenvalue weighted by Crippen LogP contribution is 2.28. The highest BCUT2D eigenvalue weighted by atomic mass is 35.5. The third-order valence-corrected chi connectivity index (χ3v) is 4.75. The van der Waals surface area contributed by atoms with Crippen LogP contribution >= 0.6 is 35.0 Å². The average Bonchev–Trinajstić information content (AvgIpc) is 3.14. The topological polar surface area (TPSA) is 86.5 Å². The summed E-state index contributed by atoms with van der Waals surface area (Å²) in [6.45, 7) is 0.0440. The van der Waals surface area contributed by atoms with Crippen LogP contribution in [0.4, 0.5) is 5.69 Å². The first kappa shape index (κ1) is 20.3. The second-order valence-corrected chi connectivity index (χ2v) is 7.13. The number of carbonyl (C=O) groups excluding carboxylic acids is 1. The third kappa shape index (κ3) is 5.54. The maximum Gasteiger partial charge on any atom is 0.277 e. The van der Waals surface area contributed by atoms with Crippen LogP contribution in [-0.2, 0) is 11.4 Å². The number of halogens is 2. The minimum atomic E-state index is -0.224. The number of hydrogen-bond acceptors (Lipinski definition) is 7. The van der Waals surface area contributed by atoms with Crippen molar-refractivity contribution >= 4 is 46.6 Å². The van der Waals surface area contributed by atoms with E-state index in [0.29, 0.717) is 27.2 Å². The van der Waals surface area contributed by atoms with Crippen molar-refractivity contribution in [3.63, 3.8) is 0 Å². The van der Waals surface area contributed by atoms with Crippen molar-refractivity contribution in [2.24, 2.45) is 0 Å². The molecule has 10 heteroatoms. The number of nitrogens with zero attached hydrogens (tertiary/aromatic N) is 2. The predicted molar refractivity (Wildman–Crippen MR) is 107 cm³/mol. The van der Waals surface area contributed by atoms with Crippen molar-refractivity contribution < 1.29 is 18.7 Å². The van der Waals surface area contributed by atoms with Crippen molar-refractivity contribution in [2.45, 2.75) is 11.8 Å². The van der Waals surface area contributed by atoms with Gasteiger partial charge in [-0.15, -0.1) is 10.2 Å². The zero-order chi connectivity index (χ0) is 19.9. The lowest BCUT2D eigenvalue weighted by atomic mass is 10.3. The number of anilines is 1. The first-order valence-corrected chi connectivity index (χ1v) is 9.75. The summed E-state index contributed by atoms with van der Waals surface area (Å²) in [4.78, 5) is 12.1. The molecule has 0 saturated carbocycles. The fraction of sp³-hybridized carbons (Fsp3) is 0.167. The number of hydrogen-bond donors (Lipinski definition) is 1. The standard InChI is InChI=1S/C18H15Cl2N3O4S/c1-25-15-5-3-2-4-13(15)21-16(24)10-28-18-23-22-17(27-18)9-26-14-7-6-11(19)8-12(14)20/h2-8H,9-10H2,1H3,(H,21,24). The van der Waals surface area contributed by atoms with Crippen LogP contribution in [0.3, 0.4) is 0 Å². The van der Waals surface area contributed by atoms with Gasteiger partial charge in [0.05, 0.1) is 23.6 Å². The summed E-state index contributed by atoms with van der Waals surface area (Å²) in [5, 5.41) is 11.7. The average molecular weight is 440 g/mol. The maximum absolute atomic E-state index is 12.1. The molecule has 0 aliphatic rings. The van der Waals surface area contributed by atoms with Crippen LogP contribution < -0.4 is 14.8 Å². The maximum atomic E-state index is 12.1. The van der Waals surface area contributed by atoms with E-state index in [9.17, 15) is 4.79 Å². The smallest absolute Gasteiger partial charge is 0.277 e. The van der Waals surface area contributed by atoms with E-state index in [1.165, 1.54) is 0 Å². The molecule has 1 aromatic heterocycles. The molecule has 3 aromatic rings. The third-order valence-electron chi connectivity index (χ3n) is 3.40. The van der Waals surface area contributed by atoms with E-state index in [1.54, 1.807) is 37.4 Å². The first-order valence-electron chi connectivity index (χ1n) is 8.01. The summed E-state index contributed by atoms with van der Waals surface area (Å²) in [5.74, 6) is 1.18. The number of carbonyl (C=O) groups is 1. The molecule has 146 valence electrons. The van der Waals surface area contributed by atoms with E-state index in [1.807, 2.05) is 12.1 Å². The van der Waals surface area contributed by atoms with E-state index in [0.717, 1.165) is 11.8 Å². The Morgan fingerprint density at radius 3 is 2.79 bits per heavy atom. The van der Waals surface area contributed by atoms with Crippen LogP contribution in [0.2, 0.25) is 10.0 Å². The fourth-order valence-electron chi connectivity index (χ4n) is 2.15. The van der Waals surface area contributed by atoms with Gasteiger partial charge in [0.2, 0.25) is 5.91 Å². The molecule has 1 N–H and O–H groups in total. The van der Waals surface area contributed by atoms with Gasteiger partial charge in [-0.2, -0.15) is 0 Å². The zero-order valence-electron chi connectivity index (χ0n) is 14.6. The highest BCUT2D eigenvalue weighted by Gasteiger charge is 2.12. The Hall–Kier alpha value is -2.42. The SMILES string of the molecule is COc1ccccc1NC(=O)CSc1nnc(COc2ccc(Cl)cc2Cl)o1. The second kappa shape index (κ2) is 9.68. The molecular formula is C18H15Cl2N3O4S. The second-order valence-electron chi connectivity index (χ2n) is 5.36. The lowest BCUT2D eigenvalue weighted by molar-refractivity contribution is -0.113. The lowest BCUT2D eigenvalue weighted by Crippen LogP contribution is -2.14. The number of methoxy groups -OCH3 is 1. The molecule has 0 atom stereocenters. The normalized spacial score (nSPS) is 10.5. The summed E-state index contributed by atoms with van der Waals surface area (Å²) in [6.07, 6.45) is 0. The molecule has 28 heavy (non-hydrogen) atoms. The molecule has 0 bridgehead atoms. The number of benzene rings is 2. The van der Waals surface area contributed by atoms with Crippen molar-refractivity contribution in [1.29, 1.82) is 0 Å². The Bertz CT molecular complexity index is 968. The van der Waals surface area contributed by atoms with Gasteiger partial charge in [0, 0.05) is 5.02 Å². The van der Waals surface area contributed by atoms with E-state index in [4.69, 9.17) is 37.1 Å². The van der Waals surface area contributed by atoms with Gasteiger partial charge in [0.15, 0.2) is 6.61 Å². The van der Waals surface area contributed by atoms with Gasteiger partial charge < -0.3 is 19.2 Å². The Kier molecular flexibility index (Phi) is 7.02. The van der Waals surface area contributed by atoms with Crippen LogP contribution in [0.1, 0.15) is 5.89 Å². The quantitative estimate of drug-likeness (QED) is 0.509. The summed E-state index contributed by atoms with van der Waals surface area (Å²) in [5.41, 5.74) is 0.593. The number of thioether (sulfide) groups is 1. The summed E-state index contributed by atoms with van der Waals surface area (Å²) < 4.78 is 16.2. The van der Waals surface area contributed by atoms with Crippen LogP contribution in [-0.4, -0.2) is 29.0 Å². The van der Waals surface area contributed by atoms with Crippen LogP contribution in [0, 0.1) is 0 Å². The molecule has 0 aliphatic heterocycles. The Morgan fingerprint density at radius 1 is 1.18 bits per heavy atom. The van der Waals surface area contributed by atoms with E-state index >= 15 is 0 Å². The summed E-state index contributed by atoms with van der Waals surface area (Å²) in [7, 11) is 1.54. The number of para-hydroxylation sites is 2. The predicted octanol–water partition coefficient (Wildman–Crippen LogP) is 4.69. The van der Waals surface area contributed by atoms with Crippen LogP contribution in [0.5, 0.6) is 11.5 Å². The molecular weight excluding hydrogens is 425 g/mol. The van der Waals surface area contributed by atoms with Gasteiger partial charge in [0.1, 0.15) is 11.5 Å². The number of aromatic nitrogens is 2. The molecule has 0 unspecified atom stereocenters. The van der Waals surface area contributed by atoms with Crippen LogP contribution in [0.15, 0.2) is 52.1 Å². The molecule has 1 amide bonds. The van der Waals surface area contributed by atoms with Crippen LogP contribution in [0.25, 0.3) is 0 Å². The highest BCUT2D eigenvalue weighted by molar-refractivity contribution is 7.99. The number of nitrogens with one attached hydrogen (secondary N) is 1. The van der Waals surface area contributed by atoms with Gasteiger partial charge in [-0.1, -0.05) is 47.1 Å². The molecule has 0 aliphatic carbocycles. The first-order chi connectivity index (χ1) is 13.5. The molecule has 0 fully saturated rings. The Balaban J connectivity index is 1.49. The Morgan fingerprint density at radius 2 is 2.00 bits per heavy atom. The Labute approximate surface area is 175 Å². The minimum absolute atomic E-state index is 0.0440. The molecule has 0 spiro atoms. The summed E-state index contributed by atoms with van der Waals surface area (Å²) >= 11 is 13.0. The van der Waals surface area contributed by atoms with E-state index in [-0.39, 0.29) is 29.4 Å². The minimum Gasteiger partial charge on any atom is -0.495 e. The van der Waals surface area contributed by atoms with Gasteiger partial charge in [-0.05, 0) is 30.3 Å². The van der Waals surface area contributed by atoms with Gasteiger partial charge in [0.25, 0.3) is 11.1 Å². The van der Waals surface area contributed by atoms with Crippen molar-refractivity contribution in [3.05, 3.63) is 58.4 Å². The molecule has 0 saturated heterocycles. The molecule has 3 rings (SSSR count). The molecule has 0 radical (unpaired) electrons. The van der Waals surface area contributed by atoms with E-state index < -0.39 is 0 Å². The monoisotopic (exact) mass is 439 g/mol. The number of amides is 1. The van der Waals surface area contributed by atoms with Crippen molar-refractivity contribution in [3.8, 4) is 11.5 Å². The largest absolute Gasteiger partial charge is 0.495 e. The van der Waals surface area contributed by atoms with Crippen molar-refractivity contribution in [2.75, 3.05) is 18.2 Å². The van der Waals surface area contributed by atoms with Gasteiger partial charge in [-0.25, -0.2) is 0 Å². The fourth-order valence-corrected chi connectivity index (χ4v) is 3.19. The van der Waals surface area contributed by atoms with Crippen molar-refractivity contribution in [1.82, 2.24) is 10.2 Å². The van der Waals surface area contributed by atoms with E-state index in [2.05, 4.69) is 15.5 Å².